The van der Waals surface area contributed by atoms with Crippen LogP contribution in [0.25, 0.3) is 0 Å². The van der Waals surface area contributed by atoms with Gasteiger partial charge in [0.25, 0.3) is 0 Å². The lowest BCUT2D eigenvalue weighted by atomic mass is 9.98. The van der Waals surface area contributed by atoms with Gasteiger partial charge in [0.1, 0.15) is 0 Å². The average molecular weight is 264 g/mol. The summed E-state index contributed by atoms with van der Waals surface area (Å²) in [4.78, 5) is 5.99. The number of thiazole rings is 1. The number of hydrogen-bond donors (Lipinski definition) is 1. The van der Waals surface area contributed by atoms with Crippen LogP contribution in [0.5, 0.6) is 0 Å². The monoisotopic (exact) mass is 264 g/mol. The van der Waals surface area contributed by atoms with Crippen LogP contribution < -0.4 is 5.32 Å². The first-order chi connectivity index (χ1) is 8.29. The molecule has 1 rings (SSSR count). The third-order valence-electron chi connectivity index (χ3n) is 2.93. The minimum Gasteiger partial charge on any atom is -0.296 e. The summed E-state index contributed by atoms with van der Waals surface area (Å²) in [5.41, 5.74) is 1.24. The van der Waals surface area contributed by atoms with Crippen molar-refractivity contribution in [1.82, 2.24) is 10.3 Å². The zero-order valence-corrected chi connectivity index (χ0v) is 13.1. The third-order valence-corrected chi connectivity index (χ3v) is 4.69. The smallest absolute Gasteiger partial charge is 0.0985 e. The van der Waals surface area contributed by atoms with Crippen LogP contribution in [0.3, 0.4) is 0 Å². The van der Waals surface area contributed by atoms with Crippen molar-refractivity contribution < 1.29 is 0 Å². The fourth-order valence-corrected chi connectivity index (χ4v) is 2.93. The molecule has 1 aromatic rings. The molecule has 0 aromatic carbocycles. The van der Waals surface area contributed by atoms with Gasteiger partial charge in [-0.15, -0.1) is 17.8 Å². The second-order valence-corrected chi connectivity index (χ2v) is 6.77. The zero-order chi connectivity index (χ0) is 13.9. The number of aromatic nitrogens is 1. The van der Waals surface area contributed by atoms with Crippen LogP contribution in [0.4, 0.5) is 0 Å². The Morgan fingerprint density at radius 3 is 2.44 bits per heavy atom. The molecule has 1 aromatic heterocycles. The Bertz CT molecular complexity index is 434. The van der Waals surface area contributed by atoms with E-state index in [9.17, 15) is 0 Å². The van der Waals surface area contributed by atoms with Gasteiger partial charge in [0.15, 0.2) is 0 Å². The van der Waals surface area contributed by atoms with Crippen LogP contribution >= 0.6 is 11.3 Å². The van der Waals surface area contributed by atoms with E-state index in [1.807, 2.05) is 0 Å². The Kier molecular flexibility index (Phi) is 4.95. The van der Waals surface area contributed by atoms with Gasteiger partial charge in [-0.3, -0.25) is 5.32 Å². The quantitative estimate of drug-likeness (QED) is 0.836. The van der Waals surface area contributed by atoms with E-state index in [1.54, 1.807) is 11.3 Å². The maximum Gasteiger partial charge on any atom is 0.0985 e. The van der Waals surface area contributed by atoms with E-state index >= 15 is 0 Å². The number of terminal acetylenes is 1. The lowest BCUT2D eigenvalue weighted by Gasteiger charge is -2.17. The van der Waals surface area contributed by atoms with Crippen LogP contribution in [0.2, 0.25) is 0 Å². The third kappa shape index (κ3) is 3.57. The molecule has 0 spiro atoms. The maximum absolute atomic E-state index is 5.50. The number of aryl methyl sites for hydroxylation is 1. The van der Waals surface area contributed by atoms with E-state index in [0.717, 1.165) is 12.1 Å². The highest BCUT2D eigenvalue weighted by atomic mass is 32.1. The highest BCUT2D eigenvalue weighted by Crippen LogP contribution is 2.32. The molecule has 100 valence electrons. The molecule has 0 aliphatic carbocycles. The Hall–Kier alpha value is -0.850. The van der Waals surface area contributed by atoms with E-state index in [4.69, 9.17) is 6.42 Å². The minimum absolute atomic E-state index is 0.115. The standard InChI is InChI=1S/C15H24N2S/c1-8-12(9-2)16-10(3)13-11(4)17-14(18-13)15(5,6)7/h1,10,12,16H,9H2,2-7H3. The Morgan fingerprint density at radius 2 is 2.06 bits per heavy atom. The van der Waals surface area contributed by atoms with Crippen molar-refractivity contribution in [1.29, 1.82) is 0 Å². The van der Waals surface area contributed by atoms with Gasteiger partial charge in [-0.25, -0.2) is 4.98 Å². The number of nitrogens with one attached hydrogen (secondary N) is 1. The molecule has 1 N–H and O–H groups in total. The van der Waals surface area contributed by atoms with Gasteiger partial charge in [0.2, 0.25) is 0 Å². The first-order valence-electron chi connectivity index (χ1n) is 6.49. The van der Waals surface area contributed by atoms with Gasteiger partial charge >= 0.3 is 0 Å². The minimum atomic E-state index is 0.115. The summed E-state index contributed by atoms with van der Waals surface area (Å²) in [5.74, 6) is 2.78. The summed E-state index contributed by atoms with van der Waals surface area (Å²) >= 11 is 1.80. The molecule has 0 radical (unpaired) electrons. The van der Waals surface area contributed by atoms with Crippen molar-refractivity contribution in [2.24, 2.45) is 0 Å². The van der Waals surface area contributed by atoms with Crippen molar-refractivity contribution in [3.05, 3.63) is 15.6 Å². The Labute approximate surface area is 115 Å². The lowest BCUT2D eigenvalue weighted by molar-refractivity contribution is 0.515. The van der Waals surface area contributed by atoms with Crippen molar-refractivity contribution in [3.63, 3.8) is 0 Å². The number of hydrogen-bond acceptors (Lipinski definition) is 3. The number of nitrogens with zero attached hydrogens (tertiary/aromatic N) is 1. The normalized spacial score (nSPS) is 15.2. The molecule has 0 saturated carbocycles. The SMILES string of the molecule is C#CC(CC)NC(C)c1sc(C(C)(C)C)nc1C. The Balaban J connectivity index is 2.90. The summed E-state index contributed by atoms with van der Waals surface area (Å²) in [6, 6.07) is 0.402. The first-order valence-corrected chi connectivity index (χ1v) is 7.31. The number of rotatable bonds is 4. The summed E-state index contributed by atoms with van der Waals surface area (Å²) < 4.78 is 0. The van der Waals surface area contributed by atoms with Crippen LogP contribution in [-0.2, 0) is 5.41 Å². The summed E-state index contributed by atoms with van der Waals surface area (Å²) in [7, 11) is 0. The fourth-order valence-electron chi connectivity index (χ4n) is 1.79. The van der Waals surface area contributed by atoms with Gasteiger partial charge in [-0.1, -0.05) is 33.6 Å². The molecule has 0 fully saturated rings. The fraction of sp³-hybridized carbons (Fsp3) is 0.667. The van der Waals surface area contributed by atoms with Crippen molar-refractivity contribution in [2.45, 2.75) is 65.5 Å². The molecule has 1 heterocycles. The molecular formula is C15H24N2S. The average Bonchev–Trinajstić information content (AvgIpc) is 2.67. The van der Waals surface area contributed by atoms with Crippen LogP contribution in [-0.4, -0.2) is 11.0 Å². The van der Waals surface area contributed by atoms with Gasteiger partial charge < -0.3 is 0 Å². The molecule has 3 heteroatoms. The highest BCUT2D eigenvalue weighted by Gasteiger charge is 2.22. The largest absolute Gasteiger partial charge is 0.296 e. The van der Waals surface area contributed by atoms with Crippen molar-refractivity contribution in [3.8, 4) is 12.3 Å². The highest BCUT2D eigenvalue weighted by molar-refractivity contribution is 7.12. The molecule has 0 saturated heterocycles. The summed E-state index contributed by atoms with van der Waals surface area (Å²) in [6.45, 7) is 12.9. The van der Waals surface area contributed by atoms with E-state index < -0.39 is 0 Å². The van der Waals surface area contributed by atoms with E-state index in [-0.39, 0.29) is 17.5 Å². The van der Waals surface area contributed by atoms with Crippen LogP contribution in [0, 0.1) is 19.3 Å². The maximum atomic E-state index is 5.50. The Morgan fingerprint density at radius 1 is 1.44 bits per heavy atom. The summed E-state index contributed by atoms with van der Waals surface area (Å²) in [5, 5.41) is 4.66. The second kappa shape index (κ2) is 5.86. The van der Waals surface area contributed by atoms with E-state index in [0.29, 0.717) is 0 Å². The van der Waals surface area contributed by atoms with Crippen LogP contribution in [0.15, 0.2) is 0 Å². The predicted octanol–water partition coefficient (Wildman–Crippen LogP) is 3.81. The molecule has 0 aliphatic heterocycles. The molecule has 2 atom stereocenters. The molecule has 2 unspecified atom stereocenters. The van der Waals surface area contributed by atoms with Gasteiger partial charge in [-0.05, 0) is 20.3 Å². The van der Waals surface area contributed by atoms with E-state index in [1.165, 1.54) is 9.88 Å². The zero-order valence-electron chi connectivity index (χ0n) is 12.3. The first kappa shape index (κ1) is 15.2. The van der Waals surface area contributed by atoms with Gasteiger partial charge in [0.05, 0.1) is 16.7 Å². The molecule has 2 nitrogen and oxygen atoms in total. The predicted molar refractivity (Wildman–Crippen MR) is 80.0 cm³/mol. The lowest BCUT2D eigenvalue weighted by Crippen LogP contribution is -2.29. The van der Waals surface area contributed by atoms with E-state index in [2.05, 4.69) is 57.8 Å². The van der Waals surface area contributed by atoms with Crippen molar-refractivity contribution in [2.75, 3.05) is 0 Å². The topological polar surface area (TPSA) is 24.9 Å². The molecule has 0 bridgehead atoms. The van der Waals surface area contributed by atoms with Crippen molar-refractivity contribution >= 4 is 11.3 Å². The summed E-state index contributed by atoms with van der Waals surface area (Å²) in [6.07, 6.45) is 6.45. The second-order valence-electron chi connectivity index (χ2n) is 5.73. The van der Waals surface area contributed by atoms with Crippen LogP contribution in [0.1, 0.15) is 62.7 Å². The molecule has 18 heavy (non-hydrogen) atoms. The molecule has 0 aliphatic rings. The molecular weight excluding hydrogens is 240 g/mol. The van der Waals surface area contributed by atoms with Gasteiger partial charge in [0, 0.05) is 16.3 Å². The molecule has 0 amide bonds. The van der Waals surface area contributed by atoms with Gasteiger partial charge in [-0.2, -0.15) is 0 Å².